The number of amides is 2. The molecule has 1 atom stereocenters. The lowest BCUT2D eigenvalue weighted by atomic mass is 9.49. The predicted molar refractivity (Wildman–Crippen MR) is 107 cm³/mol. The molecule has 4 bridgehead atoms. The van der Waals surface area contributed by atoms with Gasteiger partial charge in [-0.3, -0.25) is 9.59 Å². The molecule has 150 valence electrons. The molecule has 5 heteroatoms. The fourth-order valence-electron chi connectivity index (χ4n) is 6.77. The molecule has 6 rings (SSSR count). The highest BCUT2D eigenvalue weighted by Gasteiger charge is 2.51. The maximum absolute atomic E-state index is 13.0. The number of carbonyl (C=O) groups excluding carboxylic acids is 2. The van der Waals surface area contributed by atoms with E-state index < -0.39 is 0 Å². The van der Waals surface area contributed by atoms with Crippen LogP contribution in [0.2, 0.25) is 0 Å². The van der Waals surface area contributed by atoms with Crippen LogP contribution >= 0.6 is 0 Å². The average molecular weight is 383 g/mol. The third-order valence-corrected chi connectivity index (χ3v) is 7.44. The molecule has 1 heterocycles. The van der Waals surface area contributed by atoms with Crippen molar-refractivity contribution in [2.75, 3.05) is 18.1 Å². The predicted octanol–water partition coefficient (Wildman–Crippen LogP) is 3.52. The molecule has 1 N–H and O–H groups in total. The first kappa shape index (κ1) is 18.2. The molecular formula is C23H30N2O3. The van der Waals surface area contributed by atoms with Gasteiger partial charge >= 0.3 is 0 Å². The van der Waals surface area contributed by atoms with Crippen LogP contribution in [0.15, 0.2) is 24.3 Å². The van der Waals surface area contributed by atoms with E-state index in [-0.39, 0.29) is 24.3 Å². The van der Waals surface area contributed by atoms with Crippen LogP contribution in [0.1, 0.15) is 51.9 Å². The Hall–Kier alpha value is -1.88. The maximum Gasteiger partial charge on any atom is 0.251 e. The zero-order chi connectivity index (χ0) is 19.3. The van der Waals surface area contributed by atoms with Crippen molar-refractivity contribution in [2.24, 2.45) is 23.2 Å². The van der Waals surface area contributed by atoms with Crippen LogP contribution in [0.4, 0.5) is 5.69 Å². The third kappa shape index (κ3) is 3.14. The largest absolute Gasteiger partial charge is 0.494 e. The van der Waals surface area contributed by atoms with E-state index in [9.17, 15) is 9.59 Å². The number of hydrogen-bond donors (Lipinski definition) is 1. The molecule has 2 amide bonds. The molecule has 1 saturated heterocycles. The van der Waals surface area contributed by atoms with Gasteiger partial charge in [0.25, 0.3) is 5.91 Å². The van der Waals surface area contributed by atoms with Crippen molar-refractivity contribution in [2.45, 2.75) is 57.9 Å². The van der Waals surface area contributed by atoms with E-state index >= 15 is 0 Å². The van der Waals surface area contributed by atoms with Crippen LogP contribution < -0.4 is 15.0 Å². The summed E-state index contributed by atoms with van der Waals surface area (Å²) in [5.74, 6) is 3.22. The Labute approximate surface area is 166 Å². The molecule has 0 aromatic heterocycles. The topological polar surface area (TPSA) is 58.6 Å². The summed E-state index contributed by atoms with van der Waals surface area (Å²) in [4.78, 5) is 26.9. The van der Waals surface area contributed by atoms with Gasteiger partial charge in [0.2, 0.25) is 5.91 Å². The fourth-order valence-corrected chi connectivity index (χ4v) is 6.77. The highest BCUT2D eigenvalue weighted by atomic mass is 16.5. The molecular weight excluding hydrogens is 352 g/mol. The quantitative estimate of drug-likeness (QED) is 0.765. The first-order chi connectivity index (χ1) is 13.5. The smallest absolute Gasteiger partial charge is 0.251 e. The van der Waals surface area contributed by atoms with Gasteiger partial charge in [-0.25, -0.2) is 4.90 Å². The minimum absolute atomic E-state index is 0.112. The lowest BCUT2D eigenvalue weighted by molar-refractivity contribution is -0.121. The number of nitrogens with zero attached hydrogens (tertiary/aromatic N) is 1. The Morgan fingerprint density at radius 1 is 1.04 bits per heavy atom. The number of carbonyl (C=O) groups is 2. The van der Waals surface area contributed by atoms with Gasteiger partial charge in [0.15, 0.2) is 0 Å². The SMILES string of the molecule is CCOc1ccc(N2C(=O)C[C@H](NCC34CC5CC(CC(C5)C3)C4)C2=O)cc1. The zero-order valence-electron chi connectivity index (χ0n) is 16.7. The summed E-state index contributed by atoms with van der Waals surface area (Å²) >= 11 is 0. The summed E-state index contributed by atoms with van der Waals surface area (Å²) in [6.45, 7) is 3.41. The second-order valence-electron chi connectivity index (χ2n) is 9.55. The van der Waals surface area contributed by atoms with E-state index in [4.69, 9.17) is 4.74 Å². The normalized spacial score (nSPS) is 36.4. The van der Waals surface area contributed by atoms with Crippen molar-refractivity contribution in [1.82, 2.24) is 5.32 Å². The minimum atomic E-state index is -0.382. The number of nitrogens with one attached hydrogen (secondary N) is 1. The number of imide groups is 1. The average Bonchev–Trinajstić information content (AvgIpc) is 2.94. The van der Waals surface area contributed by atoms with Gasteiger partial charge in [-0.05, 0) is 92.9 Å². The Kier molecular flexibility index (Phi) is 4.46. The van der Waals surface area contributed by atoms with Gasteiger partial charge in [-0.1, -0.05) is 0 Å². The number of benzene rings is 1. The lowest BCUT2D eigenvalue weighted by Crippen LogP contribution is -2.52. The summed E-state index contributed by atoms with van der Waals surface area (Å²) < 4.78 is 5.45. The summed E-state index contributed by atoms with van der Waals surface area (Å²) in [5, 5.41) is 3.51. The fraction of sp³-hybridized carbons (Fsp3) is 0.652. The Morgan fingerprint density at radius 2 is 1.64 bits per heavy atom. The van der Waals surface area contributed by atoms with Gasteiger partial charge in [-0.15, -0.1) is 0 Å². The molecule has 4 saturated carbocycles. The molecule has 5 aliphatic rings. The molecule has 5 nitrogen and oxygen atoms in total. The first-order valence-corrected chi connectivity index (χ1v) is 10.9. The van der Waals surface area contributed by atoms with E-state index in [1.807, 2.05) is 19.1 Å². The Balaban J connectivity index is 1.25. The van der Waals surface area contributed by atoms with Gasteiger partial charge in [0.05, 0.1) is 24.8 Å². The standard InChI is InChI=1S/C23H30N2O3/c1-2-28-19-5-3-18(4-6-19)25-21(26)10-20(22(25)27)24-14-23-11-15-7-16(12-23)9-17(8-15)13-23/h3-6,15-17,20,24H,2,7-14H2,1H3/t15?,16?,17?,20-,23?/m0/s1. The first-order valence-electron chi connectivity index (χ1n) is 10.9. The summed E-state index contributed by atoms with van der Waals surface area (Å²) in [6, 6.07) is 6.84. The molecule has 1 aromatic carbocycles. The van der Waals surface area contributed by atoms with Crippen molar-refractivity contribution < 1.29 is 14.3 Å². The number of ether oxygens (including phenoxy) is 1. The van der Waals surface area contributed by atoms with Crippen LogP contribution in [0.3, 0.4) is 0 Å². The number of hydrogen-bond acceptors (Lipinski definition) is 4. The molecule has 28 heavy (non-hydrogen) atoms. The molecule has 1 aromatic rings. The number of anilines is 1. The second-order valence-corrected chi connectivity index (χ2v) is 9.55. The van der Waals surface area contributed by atoms with Crippen molar-refractivity contribution >= 4 is 17.5 Å². The maximum atomic E-state index is 13.0. The van der Waals surface area contributed by atoms with Crippen LogP contribution in [-0.2, 0) is 9.59 Å². The molecule has 5 fully saturated rings. The highest BCUT2D eigenvalue weighted by molar-refractivity contribution is 6.22. The van der Waals surface area contributed by atoms with Crippen LogP contribution in [0.5, 0.6) is 5.75 Å². The van der Waals surface area contributed by atoms with Gasteiger partial charge in [-0.2, -0.15) is 0 Å². The summed E-state index contributed by atoms with van der Waals surface area (Å²) in [7, 11) is 0. The third-order valence-electron chi connectivity index (χ3n) is 7.44. The Bertz CT molecular complexity index is 737. The monoisotopic (exact) mass is 382 g/mol. The Morgan fingerprint density at radius 3 is 2.21 bits per heavy atom. The van der Waals surface area contributed by atoms with Gasteiger partial charge in [0.1, 0.15) is 5.75 Å². The van der Waals surface area contributed by atoms with Crippen molar-refractivity contribution in [1.29, 1.82) is 0 Å². The van der Waals surface area contributed by atoms with Crippen molar-refractivity contribution in [3.05, 3.63) is 24.3 Å². The molecule has 0 radical (unpaired) electrons. The zero-order valence-corrected chi connectivity index (χ0v) is 16.7. The van der Waals surface area contributed by atoms with Crippen molar-refractivity contribution in [3.63, 3.8) is 0 Å². The minimum Gasteiger partial charge on any atom is -0.494 e. The van der Waals surface area contributed by atoms with Crippen molar-refractivity contribution in [3.8, 4) is 5.75 Å². The summed E-state index contributed by atoms with van der Waals surface area (Å²) in [5.41, 5.74) is 1.00. The van der Waals surface area contributed by atoms with E-state index in [1.54, 1.807) is 12.1 Å². The number of rotatable bonds is 6. The molecule has 0 spiro atoms. The van der Waals surface area contributed by atoms with E-state index in [1.165, 1.54) is 43.4 Å². The lowest BCUT2D eigenvalue weighted by Gasteiger charge is -2.57. The molecule has 4 aliphatic carbocycles. The highest BCUT2D eigenvalue weighted by Crippen LogP contribution is 2.59. The summed E-state index contributed by atoms with van der Waals surface area (Å²) in [6.07, 6.45) is 8.46. The van der Waals surface area contributed by atoms with Crippen LogP contribution in [0.25, 0.3) is 0 Å². The molecule has 0 unspecified atom stereocenters. The second kappa shape index (κ2) is 6.87. The van der Waals surface area contributed by atoms with E-state index in [0.29, 0.717) is 17.7 Å². The van der Waals surface area contributed by atoms with Crippen LogP contribution in [0, 0.1) is 23.2 Å². The molecule has 1 aliphatic heterocycles. The van der Waals surface area contributed by atoms with E-state index in [0.717, 1.165) is 30.0 Å². The van der Waals surface area contributed by atoms with Gasteiger partial charge in [0, 0.05) is 6.54 Å². The van der Waals surface area contributed by atoms with E-state index in [2.05, 4.69) is 5.32 Å². The van der Waals surface area contributed by atoms with Crippen LogP contribution in [-0.4, -0.2) is 31.0 Å². The van der Waals surface area contributed by atoms with Gasteiger partial charge < -0.3 is 10.1 Å².